The SMILES string of the molecule is C=CCOc1ccccc1/C=N\NC(=O)c1ccc([N+](=O)[O-])cc1. The number of hydrazone groups is 1. The number of amides is 1. The van der Waals surface area contributed by atoms with E-state index in [0.717, 1.165) is 0 Å². The van der Waals surface area contributed by atoms with Gasteiger partial charge in [-0.05, 0) is 24.3 Å². The number of benzene rings is 2. The molecule has 0 bridgehead atoms. The summed E-state index contributed by atoms with van der Waals surface area (Å²) in [7, 11) is 0. The van der Waals surface area contributed by atoms with E-state index in [9.17, 15) is 14.9 Å². The average molecular weight is 325 g/mol. The van der Waals surface area contributed by atoms with Gasteiger partial charge in [0.15, 0.2) is 0 Å². The first kappa shape index (κ1) is 16.9. The highest BCUT2D eigenvalue weighted by Gasteiger charge is 2.08. The number of ether oxygens (including phenoxy) is 1. The Kier molecular flexibility index (Phi) is 5.79. The first-order valence-electron chi connectivity index (χ1n) is 7.02. The molecule has 0 atom stereocenters. The van der Waals surface area contributed by atoms with Gasteiger partial charge in [0.25, 0.3) is 11.6 Å². The van der Waals surface area contributed by atoms with Crippen molar-refractivity contribution in [3.8, 4) is 5.75 Å². The monoisotopic (exact) mass is 325 g/mol. The molecular weight excluding hydrogens is 310 g/mol. The zero-order valence-electron chi connectivity index (χ0n) is 12.7. The summed E-state index contributed by atoms with van der Waals surface area (Å²) in [5.41, 5.74) is 3.25. The summed E-state index contributed by atoms with van der Waals surface area (Å²) in [6.07, 6.45) is 3.09. The van der Waals surface area contributed by atoms with Gasteiger partial charge in [-0.1, -0.05) is 24.8 Å². The average Bonchev–Trinajstić information content (AvgIpc) is 2.60. The molecule has 0 aliphatic rings. The second-order valence-electron chi connectivity index (χ2n) is 4.64. The van der Waals surface area contributed by atoms with Crippen LogP contribution >= 0.6 is 0 Å². The summed E-state index contributed by atoms with van der Waals surface area (Å²) in [4.78, 5) is 22.0. The maximum Gasteiger partial charge on any atom is 0.271 e. The second-order valence-corrected chi connectivity index (χ2v) is 4.64. The van der Waals surface area contributed by atoms with Gasteiger partial charge >= 0.3 is 0 Å². The Labute approximate surface area is 138 Å². The number of non-ortho nitro benzene ring substituents is 1. The van der Waals surface area contributed by atoms with Crippen LogP contribution in [-0.2, 0) is 0 Å². The number of hydrogen-bond donors (Lipinski definition) is 1. The van der Waals surface area contributed by atoms with Crippen LogP contribution in [0.1, 0.15) is 15.9 Å². The fourth-order valence-corrected chi connectivity index (χ4v) is 1.83. The third-order valence-corrected chi connectivity index (χ3v) is 2.99. The zero-order valence-corrected chi connectivity index (χ0v) is 12.7. The zero-order chi connectivity index (χ0) is 17.4. The van der Waals surface area contributed by atoms with E-state index in [-0.39, 0.29) is 11.3 Å². The van der Waals surface area contributed by atoms with E-state index in [0.29, 0.717) is 17.9 Å². The third kappa shape index (κ3) is 4.51. The highest BCUT2D eigenvalue weighted by molar-refractivity contribution is 5.95. The number of nitrogens with zero attached hydrogens (tertiary/aromatic N) is 2. The first-order valence-corrected chi connectivity index (χ1v) is 7.02. The van der Waals surface area contributed by atoms with E-state index in [1.807, 2.05) is 12.1 Å². The van der Waals surface area contributed by atoms with E-state index in [4.69, 9.17) is 4.74 Å². The maximum absolute atomic E-state index is 11.9. The Balaban J connectivity index is 2.02. The molecule has 0 saturated carbocycles. The van der Waals surface area contributed by atoms with Crippen LogP contribution in [0.5, 0.6) is 5.75 Å². The fraction of sp³-hybridized carbons (Fsp3) is 0.0588. The molecule has 0 saturated heterocycles. The Morgan fingerprint density at radius 1 is 1.25 bits per heavy atom. The lowest BCUT2D eigenvalue weighted by molar-refractivity contribution is -0.384. The van der Waals surface area contributed by atoms with Gasteiger partial charge in [0, 0.05) is 23.3 Å². The predicted molar refractivity (Wildman–Crippen MR) is 90.3 cm³/mol. The van der Waals surface area contributed by atoms with Crippen molar-refractivity contribution in [2.75, 3.05) is 6.61 Å². The van der Waals surface area contributed by atoms with Crippen molar-refractivity contribution in [1.82, 2.24) is 5.43 Å². The van der Waals surface area contributed by atoms with Gasteiger partial charge in [-0.2, -0.15) is 5.10 Å². The van der Waals surface area contributed by atoms with E-state index >= 15 is 0 Å². The van der Waals surface area contributed by atoms with Crippen LogP contribution in [0.3, 0.4) is 0 Å². The number of nitro groups is 1. The standard InChI is InChI=1S/C17H15N3O4/c1-2-11-24-16-6-4-3-5-14(16)12-18-19-17(21)13-7-9-15(10-8-13)20(22)23/h2-10,12H,1,11H2,(H,19,21)/b18-12-. The predicted octanol–water partition coefficient (Wildman–Crippen LogP) is 2.92. The van der Waals surface area contributed by atoms with E-state index in [1.54, 1.807) is 18.2 Å². The van der Waals surface area contributed by atoms with Crippen LogP contribution < -0.4 is 10.2 Å². The Morgan fingerprint density at radius 2 is 1.96 bits per heavy atom. The molecule has 7 heteroatoms. The summed E-state index contributed by atoms with van der Waals surface area (Å²) in [5.74, 6) is 0.149. The molecule has 2 aromatic carbocycles. The Bertz CT molecular complexity index is 770. The number of carbonyl (C=O) groups is 1. The van der Waals surface area contributed by atoms with Crippen molar-refractivity contribution in [3.63, 3.8) is 0 Å². The van der Waals surface area contributed by atoms with Crippen molar-refractivity contribution < 1.29 is 14.5 Å². The van der Waals surface area contributed by atoms with Crippen LogP contribution in [-0.4, -0.2) is 23.7 Å². The third-order valence-electron chi connectivity index (χ3n) is 2.99. The van der Waals surface area contributed by atoms with Crippen molar-refractivity contribution in [3.05, 3.63) is 82.4 Å². The first-order chi connectivity index (χ1) is 11.6. The summed E-state index contributed by atoms with van der Waals surface area (Å²) in [5, 5.41) is 14.5. The van der Waals surface area contributed by atoms with Gasteiger partial charge in [-0.25, -0.2) is 5.43 Å². The molecule has 0 radical (unpaired) electrons. The molecule has 24 heavy (non-hydrogen) atoms. The van der Waals surface area contributed by atoms with Gasteiger partial charge in [0.2, 0.25) is 0 Å². The summed E-state index contributed by atoms with van der Waals surface area (Å²) < 4.78 is 5.48. The molecule has 122 valence electrons. The van der Waals surface area contributed by atoms with Gasteiger partial charge < -0.3 is 4.74 Å². The molecule has 0 unspecified atom stereocenters. The smallest absolute Gasteiger partial charge is 0.271 e. The molecule has 2 rings (SSSR count). The van der Waals surface area contributed by atoms with Crippen LogP contribution in [0.15, 0.2) is 66.3 Å². The second kappa shape index (κ2) is 8.23. The lowest BCUT2D eigenvalue weighted by atomic mass is 10.2. The van der Waals surface area contributed by atoms with Crippen LogP contribution in [0.2, 0.25) is 0 Å². The molecule has 0 aliphatic carbocycles. The fourth-order valence-electron chi connectivity index (χ4n) is 1.83. The highest BCUT2D eigenvalue weighted by atomic mass is 16.6. The van der Waals surface area contributed by atoms with E-state index in [2.05, 4.69) is 17.1 Å². The van der Waals surface area contributed by atoms with Crippen molar-refractivity contribution >= 4 is 17.8 Å². The molecule has 0 heterocycles. The summed E-state index contributed by atoms with van der Waals surface area (Å²) >= 11 is 0. The van der Waals surface area contributed by atoms with Crippen molar-refractivity contribution in [2.24, 2.45) is 5.10 Å². The number of para-hydroxylation sites is 1. The van der Waals surface area contributed by atoms with E-state index < -0.39 is 10.8 Å². The maximum atomic E-state index is 11.9. The largest absolute Gasteiger partial charge is 0.489 e. The number of nitro benzene ring substituents is 1. The van der Waals surface area contributed by atoms with E-state index in [1.165, 1.54) is 30.5 Å². The summed E-state index contributed by atoms with van der Waals surface area (Å²) in [6, 6.07) is 12.5. The topological polar surface area (TPSA) is 93.8 Å². The molecule has 0 spiro atoms. The highest BCUT2D eigenvalue weighted by Crippen LogP contribution is 2.15. The number of nitrogens with one attached hydrogen (secondary N) is 1. The molecule has 1 N–H and O–H groups in total. The van der Waals surface area contributed by atoms with Gasteiger partial charge in [-0.3, -0.25) is 14.9 Å². The molecular formula is C17H15N3O4. The Hall–Kier alpha value is -3.48. The van der Waals surface area contributed by atoms with Crippen LogP contribution in [0.25, 0.3) is 0 Å². The molecule has 0 fully saturated rings. The van der Waals surface area contributed by atoms with Gasteiger partial charge in [0.1, 0.15) is 12.4 Å². The lowest BCUT2D eigenvalue weighted by Crippen LogP contribution is -2.17. The summed E-state index contributed by atoms with van der Waals surface area (Å²) in [6.45, 7) is 3.94. The molecule has 7 nitrogen and oxygen atoms in total. The van der Waals surface area contributed by atoms with Crippen molar-refractivity contribution in [2.45, 2.75) is 0 Å². The molecule has 0 aromatic heterocycles. The quantitative estimate of drug-likeness (QED) is 0.366. The minimum atomic E-state index is -0.528. The molecule has 2 aromatic rings. The van der Waals surface area contributed by atoms with Crippen LogP contribution in [0, 0.1) is 10.1 Å². The van der Waals surface area contributed by atoms with Gasteiger partial charge in [-0.15, -0.1) is 0 Å². The van der Waals surface area contributed by atoms with Gasteiger partial charge in [0.05, 0.1) is 11.1 Å². The lowest BCUT2D eigenvalue weighted by Gasteiger charge is -2.06. The number of hydrogen-bond acceptors (Lipinski definition) is 5. The number of rotatable bonds is 7. The molecule has 1 amide bonds. The van der Waals surface area contributed by atoms with Crippen LogP contribution in [0.4, 0.5) is 5.69 Å². The minimum absolute atomic E-state index is 0.0802. The molecule has 0 aliphatic heterocycles. The Morgan fingerprint density at radius 3 is 2.62 bits per heavy atom. The minimum Gasteiger partial charge on any atom is -0.489 e. The van der Waals surface area contributed by atoms with Crippen molar-refractivity contribution in [1.29, 1.82) is 0 Å². The normalized spacial score (nSPS) is 10.3. The number of carbonyl (C=O) groups excluding carboxylic acids is 1.